The number of carbonyl (C=O) groups excluding carboxylic acids is 1. The third kappa shape index (κ3) is 2.01. The molecule has 0 aromatic carbocycles. The Morgan fingerprint density at radius 3 is 3.06 bits per heavy atom. The fourth-order valence-corrected chi connectivity index (χ4v) is 1.73. The molecule has 2 aromatic heterocycles. The number of ether oxygens (including phenoxy) is 1. The van der Waals surface area contributed by atoms with Crippen molar-refractivity contribution in [3.63, 3.8) is 0 Å². The van der Waals surface area contributed by atoms with E-state index in [0.717, 1.165) is 0 Å². The fourth-order valence-electron chi connectivity index (χ4n) is 1.48. The number of esters is 1. The monoisotopic (exact) mass is 252 g/mol. The summed E-state index contributed by atoms with van der Waals surface area (Å²) in [6.45, 7) is 1.87. The molecule has 0 saturated heterocycles. The lowest BCUT2D eigenvalue weighted by molar-refractivity contribution is 0.0524. The van der Waals surface area contributed by atoms with Gasteiger partial charge in [0.2, 0.25) is 5.43 Å². The van der Waals surface area contributed by atoms with Crippen LogP contribution in [0.1, 0.15) is 17.3 Å². The van der Waals surface area contributed by atoms with E-state index >= 15 is 0 Å². The molecule has 2 aromatic rings. The van der Waals surface area contributed by atoms with Crippen molar-refractivity contribution in [2.24, 2.45) is 0 Å². The number of pyridine rings is 2. The van der Waals surface area contributed by atoms with E-state index in [4.69, 9.17) is 16.3 Å². The molecule has 0 radical (unpaired) electrons. The van der Waals surface area contributed by atoms with Gasteiger partial charge in [0.15, 0.2) is 0 Å². The van der Waals surface area contributed by atoms with Gasteiger partial charge in [-0.15, -0.1) is 0 Å². The standard InChI is InChI=1S/C11H9ClN2O3/c1-2-17-11(16)6-5-14-7-3-4-13-10(12)8(7)9(6)15/h3-5H,2H2,1H3,(H,14,15). The minimum absolute atomic E-state index is 0.0647. The van der Waals surface area contributed by atoms with Crippen molar-refractivity contribution < 1.29 is 9.53 Å². The van der Waals surface area contributed by atoms with Crippen molar-refractivity contribution >= 4 is 28.5 Å². The third-order valence-electron chi connectivity index (χ3n) is 2.24. The second-order valence-electron chi connectivity index (χ2n) is 3.28. The highest BCUT2D eigenvalue weighted by Gasteiger charge is 2.15. The molecule has 0 aliphatic heterocycles. The molecule has 1 N–H and O–H groups in total. The largest absolute Gasteiger partial charge is 0.462 e. The van der Waals surface area contributed by atoms with Crippen molar-refractivity contribution in [1.29, 1.82) is 0 Å². The van der Waals surface area contributed by atoms with Crippen molar-refractivity contribution in [3.8, 4) is 0 Å². The van der Waals surface area contributed by atoms with Crippen LogP contribution in [-0.2, 0) is 4.74 Å². The lowest BCUT2D eigenvalue weighted by Gasteiger charge is -2.03. The maximum Gasteiger partial charge on any atom is 0.343 e. The molecule has 2 rings (SSSR count). The summed E-state index contributed by atoms with van der Waals surface area (Å²) in [5.74, 6) is -0.671. The average Bonchev–Trinajstić information content (AvgIpc) is 2.29. The Kier molecular flexibility index (Phi) is 3.10. The van der Waals surface area contributed by atoms with Crippen LogP contribution in [0, 0.1) is 0 Å². The summed E-state index contributed by atoms with van der Waals surface area (Å²) >= 11 is 5.83. The van der Waals surface area contributed by atoms with E-state index in [0.29, 0.717) is 5.52 Å². The van der Waals surface area contributed by atoms with Crippen LogP contribution in [0.5, 0.6) is 0 Å². The average molecular weight is 253 g/mol. The number of aromatic amines is 1. The highest BCUT2D eigenvalue weighted by Crippen LogP contribution is 2.15. The number of rotatable bonds is 2. The Hall–Kier alpha value is -1.88. The fraction of sp³-hybridized carbons (Fsp3) is 0.182. The molecular weight excluding hydrogens is 244 g/mol. The number of H-pyrrole nitrogens is 1. The molecule has 0 amide bonds. The predicted molar refractivity (Wildman–Crippen MR) is 63.3 cm³/mol. The zero-order chi connectivity index (χ0) is 12.4. The molecule has 0 saturated carbocycles. The van der Waals surface area contributed by atoms with E-state index in [1.54, 1.807) is 13.0 Å². The number of fused-ring (bicyclic) bond motifs is 1. The van der Waals surface area contributed by atoms with Gasteiger partial charge >= 0.3 is 5.97 Å². The molecule has 0 aliphatic rings. The van der Waals surface area contributed by atoms with Crippen molar-refractivity contribution in [3.05, 3.63) is 39.4 Å². The van der Waals surface area contributed by atoms with Crippen molar-refractivity contribution in [1.82, 2.24) is 9.97 Å². The van der Waals surface area contributed by atoms with E-state index in [1.807, 2.05) is 0 Å². The van der Waals surface area contributed by atoms with Crippen LogP contribution in [0.25, 0.3) is 10.9 Å². The Balaban J connectivity index is 2.69. The van der Waals surface area contributed by atoms with Gasteiger partial charge in [-0.2, -0.15) is 0 Å². The lowest BCUT2D eigenvalue weighted by Crippen LogP contribution is -2.18. The smallest absolute Gasteiger partial charge is 0.343 e. The van der Waals surface area contributed by atoms with Gasteiger partial charge in [-0.25, -0.2) is 9.78 Å². The Labute approximate surface area is 101 Å². The number of nitrogens with one attached hydrogen (secondary N) is 1. The molecule has 6 heteroatoms. The van der Waals surface area contributed by atoms with E-state index in [9.17, 15) is 9.59 Å². The Morgan fingerprint density at radius 2 is 2.35 bits per heavy atom. The number of aromatic nitrogens is 2. The minimum atomic E-state index is -0.671. The topological polar surface area (TPSA) is 72.1 Å². The molecule has 0 aliphatic carbocycles. The van der Waals surface area contributed by atoms with E-state index in [-0.39, 0.29) is 22.7 Å². The predicted octanol–water partition coefficient (Wildman–Crippen LogP) is 1.75. The second kappa shape index (κ2) is 4.55. The normalized spacial score (nSPS) is 10.5. The first-order valence-corrected chi connectivity index (χ1v) is 5.36. The number of carbonyl (C=O) groups is 1. The van der Waals surface area contributed by atoms with Crippen LogP contribution < -0.4 is 5.43 Å². The van der Waals surface area contributed by atoms with Gasteiger partial charge in [-0.05, 0) is 13.0 Å². The second-order valence-corrected chi connectivity index (χ2v) is 3.63. The molecule has 0 atom stereocenters. The van der Waals surface area contributed by atoms with Crippen LogP contribution in [0.3, 0.4) is 0 Å². The summed E-state index contributed by atoms with van der Waals surface area (Å²) in [6.07, 6.45) is 2.80. The zero-order valence-electron chi connectivity index (χ0n) is 8.99. The summed E-state index contributed by atoms with van der Waals surface area (Å²) in [6, 6.07) is 1.61. The van der Waals surface area contributed by atoms with Gasteiger partial charge in [-0.3, -0.25) is 4.79 Å². The van der Waals surface area contributed by atoms with Crippen LogP contribution >= 0.6 is 11.6 Å². The van der Waals surface area contributed by atoms with E-state index in [2.05, 4.69) is 9.97 Å². The maximum absolute atomic E-state index is 12.0. The van der Waals surface area contributed by atoms with Gasteiger partial charge in [0.1, 0.15) is 10.7 Å². The SMILES string of the molecule is CCOC(=O)c1c[nH]c2ccnc(Cl)c2c1=O. The highest BCUT2D eigenvalue weighted by molar-refractivity contribution is 6.34. The number of halogens is 1. The van der Waals surface area contributed by atoms with Crippen molar-refractivity contribution in [2.75, 3.05) is 6.61 Å². The highest BCUT2D eigenvalue weighted by atomic mass is 35.5. The zero-order valence-corrected chi connectivity index (χ0v) is 9.75. The maximum atomic E-state index is 12.0. The Morgan fingerprint density at radius 1 is 1.59 bits per heavy atom. The molecule has 0 spiro atoms. The summed E-state index contributed by atoms with van der Waals surface area (Å²) in [7, 11) is 0. The minimum Gasteiger partial charge on any atom is -0.462 e. The summed E-state index contributed by atoms with van der Waals surface area (Å²) in [4.78, 5) is 30.2. The molecule has 17 heavy (non-hydrogen) atoms. The quantitative estimate of drug-likeness (QED) is 0.653. The Bertz CT molecular complexity index is 636. The molecule has 2 heterocycles. The molecule has 0 unspecified atom stereocenters. The van der Waals surface area contributed by atoms with Crippen LogP contribution in [0.2, 0.25) is 5.15 Å². The van der Waals surface area contributed by atoms with E-state index < -0.39 is 11.4 Å². The molecule has 0 bridgehead atoms. The first kappa shape index (κ1) is 11.6. The summed E-state index contributed by atoms with van der Waals surface area (Å²) in [5.41, 5.74) is -0.0207. The van der Waals surface area contributed by atoms with Crippen LogP contribution in [0.15, 0.2) is 23.3 Å². The van der Waals surface area contributed by atoms with Crippen LogP contribution in [-0.4, -0.2) is 22.5 Å². The van der Waals surface area contributed by atoms with Gasteiger partial charge in [0.05, 0.1) is 17.5 Å². The van der Waals surface area contributed by atoms with Gasteiger partial charge < -0.3 is 9.72 Å². The molecular formula is C11H9ClN2O3. The van der Waals surface area contributed by atoms with Crippen molar-refractivity contribution in [2.45, 2.75) is 6.92 Å². The third-order valence-corrected chi connectivity index (χ3v) is 2.53. The first-order valence-electron chi connectivity index (χ1n) is 4.98. The van der Waals surface area contributed by atoms with Gasteiger partial charge in [0.25, 0.3) is 0 Å². The van der Waals surface area contributed by atoms with Gasteiger partial charge in [0, 0.05) is 12.4 Å². The lowest BCUT2D eigenvalue weighted by atomic mass is 10.2. The molecule has 88 valence electrons. The summed E-state index contributed by atoms with van der Waals surface area (Å²) < 4.78 is 4.78. The molecule has 5 nitrogen and oxygen atoms in total. The number of hydrogen-bond acceptors (Lipinski definition) is 4. The number of nitrogens with zero attached hydrogens (tertiary/aromatic N) is 1. The van der Waals surface area contributed by atoms with Crippen LogP contribution in [0.4, 0.5) is 0 Å². The first-order chi connectivity index (χ1) is 8.15. The van der Waals surface area contributed by atoms with E-state index in [1.165, 1.54) is 12.4 Å². The number of hydrogen-bond donors (Lipinski definition) is 1. The van der Waals surface area contributed by atoms with Gasteiger partial charge in [-0.1, -0.05) is 11.6 Å². The summed E-state index contributed by atoms with van der Waals surface area (Å²) in [5, 5.41) is 0.259. The molecule has 0 fully saturated rings.